The second-order valence-corrected chi connectivity index (χ2v) is 20.0. The maximum Gasteiger partial charge on any atom is 0.318 e. The highest BCUT2D eigenvalue weighted by molar-refractivity contribution is 5.87. The summed E-state index contributed by atoms with van der Waals surface area (Å²) < 4.78 is 35.0. The molecular weight excluding hydrogens is 747 g/mol. The van der Waals surface area contributed by atoms with Crippen LogP contribution in [0, 0.1) is 51.8 Å². The maximum atomic E-state index is 16.7. The van der Waals surface area contributed by atoms with Crippen molar-refractivity contribution < 1.29 is 28.5 Å². The second kappa shape index (κ2) is 16.7. The Morgan fingerprint density at radius 2 is 1.50 bits per heavy atom. The average Bonchev–Trinajstić information content (AvgIpc) is 4.12. The molecule has 3 aromatic rings. The Hall–Kier alpha value is -3.49. The Bertz CT molecular complexity index is 1920. The number of fused-ring (bicyclic) bond motifs is 2. The van der Waals surface area contributed by atoms with Crippen LogP contribution in [0.25, 0.3) is 0 Å². The molecule has 3 aliphatic heterocycles. The molecule has 3 aromatic carbocycles. The van der Waals surface area contributed by atoms with Crippen LogP contribution in [0.3, 0.4) is 0 Å². The van der Waals surface area contributed by atoms with Crippen LogP contribution in [0.2, 0.25) is 0 Å². The van der Waals surface area contributed by atoms with Crippen molar-refractivity contribution in [3.63, 3.8) is 0 Å². The van der Waals surface area contributed by atoms with E-state index in [1.807, 2.05) is 42.5 Å². The number of hydrogen-bond donors (Lipinski definition) is 0. The fourth-order valence-electron chi connectivity index (χ4n) is 14.6. The van der Waals surface area contributed by atoms with Crippen LogP contribution in [-0.4, -0.2) is 68.8 Å². The number of ether oxygens (including phenoxy) is 5. The molecule has 10 atom stereocenters. The van der Waals surface area contributed by atoms with Gasteiger partial charge in [-0.1, -0.05) is 124 Å². The van der Waals surface area contributed by atoms with E-state index >= 15 is 4.79 Å². The van der Waals surface area contributed by atoms with E-state index < -0.39 is 28.6 Å². The van der Waals surface area contributed by atoms with Crippen LogP contribution in [0.15, 0.2) is 103 Å². The Labute approximate surface area is 358 Å². The Kier molecular flexibility index (Phi) is 11.3. The second-order valence-electron chi connectivity index (χ2n) is 20.0. The van der Waals surface area contributed by atoms with Gasteiger partial charge in [-0.2, -0.15) is 0 Å². The monoisotopic (exact) mass is 813 g/mol. The molecule has 3 saturated carbocycles. The predicted molar refractivity (Wildman–Crippen MR) is 233 cm³/mol. The highest BCUT2D eigenvalue weighted by Crippen LogP contribution is 2.86. The number of esters is 1. The normalized spacial score (nSPS) is 36.2. The molecule has 7 aliphatic rings. The summed E-state index contributed by atoms with van der Waals surface area (Å²) in [6.07, 6.45) is 12.4. The zero-order chi connectivity index (χ0) is 40.9. The molecule has 0 radical (unpaired) electrons. The lowest BCUT2D eigenvalue weighted by atomic mass is 9.40. The SMILES string of the molecule is CC(C)C1=CC2CC3(C4OCCO4)[C@@H]4CC[C@@H](C)[C@H]4CC2(C2CC(CCCOc4ccccc4)C(CN4CCCCC4)O2)C13C(=O)OC(c1ccccc1)c1ccccc1. The summed E-state index contributed by atoms with van der Waals surface area (Å²) in [6, 6.07) is 30.9. The number of carbonyl (C=O) groups excluding carboxylic acids is 1. The van der Waals surface area contributed by atoms with Gasteiger partial charge in [0.15, 0.2) is 12.4 Å². The zero-order valence-electron chi connectivity index (χ0n) is 36.2. The molecule has 4 bridgehead atoms. The largest absolute Gasteiger partial charge is 0.494 e. The van der Waals surface area contributed by atoms with Gasteiger partial charge in [-0.3, -0.25) is 4.79 Å². The summed E-state index contributed by atoms with van der Waals surface area (Å²) in [5.74, 6) is 2.83. The van der Waals surface area contributed by atoms with Gasteiger partial charge in [-0.25, -0.2) is 0 Å². The number of hydrogen-bond acceptors (Lipinski definition) is 7. The first-order chi connectivity index (χ1) is 29.4. The van der Waals surface area contributed by atoms with Gasteiger partial charge in [-0.05, 0) is 123 Å². The molecule has 0 spiro atoms. The number of carbonyl (C=O) groups is 1. The molecule has 0 amide bonds. The average molecular weight is 814 g/mol. The molecule has 7 nitrogen and oxygen atoms in total. The third kappa shape index (κ3) is 6.45. The minimum Gasteiger partial charge on any atom is -0.494 e. The predicted octanol–water partition coefficient (Wildman–Crippen LogP) is 10.5. The number of benzene rings is 3. The number of nitrogens with zero attached hydrogens (tertiary/aromatic N) is 1. The van der Waals surface area contributed by atoms with Crippen molar-refractivity contribution in [2.24, 2.45) is 51.8 Å². The highest BCUT2D eigenvalue weighted by atomic mass is 16.7. The summed E-state index contributed by atoms with van der Waals surface area (Å²) in [4.78, 5) is 19.3. The van der Waals surface area contributed by atoms with Gasteiger partial charge in [0.1, 0.15) is 11.2 Å². The first kappa shape index (κ1) is 40.6. The van der Waals surface area contributed by atoms with Crippen LogP contribution in [0.4, 0.5) is 0 Å². The number of piperidine rings is 1. The van der Waals surface area contributed by atoms with Gasteiger partial charge in [0.25, 0.3) is 0 Å². The van der Waals surface area contributed by atoms with Crippen LogP contribution in [0.5, 0.6) is 5.75 Å². The molecule has 7 unspecified atom stereocenters. The van der Waals surface area contributed by atoms with Crippen LogP contribution in [0.1, 0.15) is 102 Å². The van der Waals surface area contributed by atoms with Gasteiger partial charge in [-0.15, -0.1) is 0 Å². The third-order valence-electron chi connectivity index (χ3n) is 16.8. The Morgan fingerprint density at radius 1 is 0.833 bits per heavy atom. The lowest BCUT2D eigenvalue weighted by molar-refractivity contribution is -0.256. The van der Waals surface area contributed by atoms with Crippen molar-refractivity contribution in [2.75, 3.05) is 39.5 Å². The molecule has 0 N–H and O–H groups in total. The van der Waals surface area contributed by atoms with Gasteiger partial charge in [0.05, 0.1) is 32.0 Å². The molecule has 320 valence electrons. The van der Waals surface area contributed by atoms with E-state index in [-0.39, 0.29) is 30.0 Å². The maximum absolute atomic E-state index is 16.7. The summed E-state index contributed by atoms with van der Waals surface area (Å²) >= 11 is 0. The van der Waals surface area contributed by atoms with Crippen LogP contribution in [-0.2, 0) is 23.7 Å². The Morgan fingerprint density at radius 3 is 2.17 bits per heavy atom. The van der Waals surface area contributed by atoms with E-state index in [2.05, 4.69) is 80.3 Å². The minimum absolute atomic E-state index is 0.0897. The topological polar surface area (TPSA) is 66.5 Å². The van der Waals surface area contributed by atoms with Crippen LogP contribution >= 0.6 is 0 Å². The molecule has 6 fully saturated rings. The van der Waals surface area contributed by atoms with E-state index in [0.29, 0.717) is 43.5 Å². The minimum atomic E-state index is -0.966. The summed E-state index contributed by atoms with van der Waals surface area (Å²) in [5, 5.41) is 0. The molecule has 4 aliphatic carbocycles. The molecule has 3 saturated heterocycles. The van der Waals surface area contributed by atoms with Crippen molar-refractivity contribution in [2.45, 2.75) is 110 Å². The van der Waals surface area contributed by atoms with Gasteiger partial charge in [0, 0.05) is 17.4 Å². The molecule has 7 heteroatoms. The molecule has 10 rings (SSSR count). The standard InChI is InChI=1S/C53H67NO6/c1-36(2)45-32-41-33-52(50-57-29-30-58-50)44-25-24-37(3)43(44)34-51(41,53(45,52)49(55)60-48(38-17-8-4-9-18-38)39-19-10-5-11-20-39)47-31-40(21-16-28-56-42-22-12-6-13-23-42)46(59-47)35-54-26-14-7-15-27-54/h4-6,8-13,17-20,22-23,32,36-37,40-41,43-44,46-48,50H,7,14-16,21,24-31,33-35H2,1-3H3/t37-,40?,41?,43-,44-,46?,47?,51?,52?,53?/m1/s1. The van der Waals surface area contributed by atoms with Gasteiger partial charge < -0.3 is 28.6 Å². The van der Waals surface area contributed by atoms with E-state index in [9.17, 15) is 0 Å². The number of rotatable bonds is 14. The van der Waals surface area contributed by atoms with E-state index in [1.54, 1.807) is 0 Å². The fourth-order valence-corrected chi connectivity index (χ4v) is 14.6. The highest BCUT2D eigenvalue weighted by Gasteiger charge is 2.88. The van der Waals surface area contributed by atoms with Gasteiger partial charge in [0.2, 0.25) is 0 Å². The number of likely N-dealkylation sites (tertiary alicyclic amines) is 1. The smallest absolute Gasteiger partial charge is 0.318 e. The molecular formula is C53H67NO6. The number of para-hydroxylation sites is 1. The Balaban J connectivity index is 1.09. The first-order valence-electron chi connectivity index (χ1n) is 23.7. The van der Waals surface area contributed by atoms with Crippen molar-refractivity contribution in [1.29, 1.82) is 0 Å². The van der Waals surface area contributed by atoms with Gasteiger partial charge >= 0.3 is 5.97 Å². The number of allylic oxidation sites excluding steroid dienone is 1. The van der Waals surface area contributed by atoms with E-state index in [1.165, 1.54) is 31.3 Å². The lowest BCUT2D eigenvalue weighted by Gasteiger charge is -2.63. The van der Waals surface area contributed by atoms with Crippen molar-refractivity contribution in [3.8, 4) is 5.75 Å². The van der Waals surface area contributed by atoms with Crippen LogP contribution < -0.4 is 4.74 Å². The zero-order valence-corrected chi connectivity index (χ0v) is 36.2. The summed E-state index contributed by atoms with van der Waals surface area (Å²) in [7, 11) is 0. The third-order valence-corrected chi connectivity index (χ3v) is 16.8. The fraction of sp³-hybridized carbons (Fsp3) is 0.604. The molecule has 3 heterocycles. The van der Waals surface area contributed by atoms with E-state index in [4.69, 9.17) is 23.7 Å². The first-order valence-corrected chi connectivity index (χ1v) is 23.7. The van der Waals surface area contributed by atoms with E-state index in [0.717, 1.165) is 75.0 Å². The molecule has 60 heavy (non-hydrogen) atoms. The van der Waals surface area contributed by atoms with Crippen molar-refractivity contribution in [1.82, 2.24) is 4.90 Å². The van der Waals surface area contributed by atoms with Crippen molar-refractivity contribution >= 4 is 5.97 Å². The quantitative estimate of drug-likeness (QED) is 0.0912. The molecule has 0 aromatic heterocycles. The summed E-state index contributed by atoms with van der Waals surface area (Å²) in [6.45, 7) is 12.1. The summed E-state index contributed by atoms with van der Waals surface area (Å²) in [5.41, 5.74) is 1.22. The lowest BCUT2D eigenvalue weighted by Crippen LogP contribution is -2.68. The van der Waals surface area contributed by atoms with Crippen molar-refractivity contribution in [3.05, 3.63) is 114 Å².